The van der Waals surface area contributed by atoms with Crippen LogP contribution in [0.2, 0.25) is 0 Å². The van der Waals surface area contributed by atoms with Gasteiger partial charge in [0, 0.05) is 21.3 Å². The average Bonchev–Trinajstić information content (AvgIpc) is 2.83. The predicted molar refractivity (Wildman–Crippen MR) is 81.9 cm³/mol. The molecule has 0 unspecified atom stereocenters. The number of halogens is 1. The van der Waals surface area contributed by atoms with Crippen molar-refractivity contribution in [3.8, 4) is 22.6 Å². The van der Waals surface area contributed by atoms with Crippen LogP contribution in [0.15, 0.2) is 59.1 Å². The summed E-state index contributed by atoms with van der Waals surface area (Å²) >= 11 is 3.45. The van der Waals surface area contributed by atoms with E-state index in [1.165, 1.54) is 0 Å². The minimum Gasteiger partial charge on any atom is -0.342 e. The molecular weight excluding hydrogens is 300 g/mol. The lowest BCUT2D eigenvalue weighted by molar-refractivity contribution is 1.26. The molecular formula is C16H13BrN2. The third-order valence-corrected chi connectivity index (χ3v) is 3.58. The number of imidazole rings is 1. The molecule has 0 fully saturated rings. The molecule has 0 amide bonds. The Bertz CT molecular complexity index is 685. The molecule has 3 rings (SSSR count). The maximum atomic E-state index is 4.71. The van der Waals surface area contributed by atoms with Crippen LogP contribution >= 0.6 is 15.9 Å². The number of aromatic amines is 1. The van der Waals surface area contributed by atoms with Gasteiger partial charge in [-0.2, -0.15) is 0 Å². The first kappa shape index (κ1) is 12.2. The van der Waals surface area contributed by atoms with Gasteiger partial charge in [-0.1, -0.05) is 58.4 Å². The Morgan fingerprint density at radius 3 is 2.26 bits per heavy atom. The molecule has 0 radical (unpaired) electrons. The highest BCUT2D eigenvalue weighted by molar-refractivity contribution is 9.10. The van der Waals surface area contributed by atoms with Crippen LogP contribution < -0.4 is 0 Å². The Balaban J connectivity index is 2.05. The van der Waals surface area contributed by atoms with Gasteiger partial charge < -0.3 is 4.98 Å². The summed E-state index contributed by atoms with van der Waals surface area (Å²) in [5.74, 6) is 0.913. The van der Waals surface area contributed by atoms with Gasteiger partial charge in [-0.05, 0) is 19.1 Å². The lowest BCUT2D eigenvalue weighted by atomic mass is 10.1. The number of rotatable bonds is 2. The minimum absolute atomic E-state index is 0.913. The Hall–Kier alpha value is -1.87. The van der Waals surface area contributed by atoms with E-state index in [-0.39, 0.29) is 0 Å². The zero-order valence-electron chi connectivity index (χ0n) is 10.5. The van der Waals surface area contributed by atoms with Crippen LogP contribution in [-0.4, -0.2) is 9.97 Å². The van der Waals surface area contributed by atoms with Gasteiger partial charge in [0.15, 0.2) is 0 Å². The standard InChI is InChI=1S/C16H13BrN2/c1-11-15(12-7-9-14(17)10-8-12)19-16(18-11)13-5-3-2-4-6-13/h2-10H,1H3,(H,18,19). The van der Waals surface area contributed by atoms with Crippen LogP contribution in [0.3, 0.4) is 0 Å². The Labute approximate surface area is 120 Å². The van der Waals surface area contributed by atoms with Crippen LogP contribution in [0.5, 0.6) is 0 Å². The van der Waals surface area contributed by atoms with E-state index in [9.17, 15) is 0 Å². The molecule has 0 saturated heterocycles. The van der Waals surface area contributed by atoms with Crippen LogP contribution in [0.1, 0.15) is 5.69 Å². The minimum atomic E-state index is 0.913. The Kier molecular flexibility index (Phi) is 3.22. The highest BCUT2D eigenvalue weighted by atomic mass is 79.9. The number of benzene rings is 2. The first-order valence-electron chi connectivity index (χ1n) is 6.12. The maximum Gasteiger partial charge on any atom is 0.138 e. The van der Waals surface area contributed by atoms with Crippen LogP contribution in [0, 0.1) is 6.92 Å². The topological polar surface area (TPSA) is 28.7 Å². The monoisotopic (exact) mass is 312 g/mol. The van der Waals surface area contributed by atoms with Gasteiger partial charge >= 0.3 is 0 Å². The van der Waals surface area contributed by atoms with Crippen LogP contribution in [-0.2, 0) is 0 Å². The first-order valence-corrected chi connectivity index (χ1v) is 6.91. The molecule has 94 valence electrons. The fraction of sp³-hybridized carbons (Fsp3) is 0.0625. The molecule has 0 spiro atoms. The van der Waals surface area contributed by atoms with E-state index < -0.39 is 0 Å². The van der Waals surface area contributed by atoms with Gasteiger partial charge in [0.2, 0.25) is 0 Å². The fourth-order valence-corrected chi connectivity index (χ4v) is 2.35. The summed E-state index contributed by atoms with van der Waals surface area (Å²) in [4.78, 5) is 8.06. The van der Waals surface area contributed by atoms with Gasteiger partial charge in [0.25, 0.3) is 0 Å². The van der Waals surface area contributed by atoms with E-state index in [1.54, 1.807) is 0 Å². The normalized spacial score (nSPS) is 10.6. The summed E-state index contributed by atoms with van der Waals surface area (Å²) < 4.78 is 1.08. The lowest BCUT2D eigenvalue weighted by Crippen LogP contribution is -1.81. The molecule has 3 aromatic rings. The van der Waals surface area contributed by atoms with Crippen molar-refractivity contribution < 1.29 is 0 Å². The van der Waals surface area contributed by atoms with Gasteiger partial charge in [0.1, 0.15) is 5.82 Å². The van der Waals surface area contributed by atoms with Gasteiger partial charge in [-0.25, -0.2) is 4.98 Å². The summed E-state index contributed by atoms with van der Waals surface area (Å²) in [6.45, 7) is 2.05. The Morgan fingerprint density at radius 1 is 0.895 bits per heavy atom. The molecule has 2 nitrogen and oxygen atoms in total. The number of aromatic nitrogens is 2. The van der Waals surface area contributed by atoms with Gasteiger partial charge in [-0.3, -0.25) is 0 Å². The maximum absolute atomic E-state index is 4.71. The highest BCUT2D eigenvalue weighted by Gasteiger charge is 2.09. The van der Waals surface area contributed by atoms with E-state index in [0.29, 0.717) is 0 Å². The smallest absolute Gasteiger partial charge is 0.138 e. The van der Waals surface area contributed by atoms with E-state index in [2.05, 4.69) is 52.1 Å². The van der Waals surface area contributed by atoms with Gasteiger partial charge in [0.05, 0.1) is 5.69 Å². The summed E-state index contributed by atoms with van der Waals surface area (Å²) in [5, 5.41) is 0. The van der Waals surface area contributed by atoms with Crippen molar-refractivity contribution >= 4 is 15.9 Å². The van der Waals surface area contributed by atoms with Crippen molar-refractivity contribution in [3.05, 3.63) is 64.8 Å². The summed E-state index contributed by atoms with van der Waals surface area (Å²) in [5.41, 5.74) is 4.32. The summed E-state index contributed by atoms with van der Waals surface area (Å²) in [7, 11) is 0. The molecule has 2 aromatic carbocycles. The SMILES string of the molecule is Cc1[nH]c(-c2ccccc2)nc1-c1ccc(Br)cc1. The quantitative estimate of drug-likeness (QED) is 0.722. The fourth-order valence-electron chi connectivity index (χ4n) is 2.08. The Morgan fingerprint density at radius 2 is 1.58 bits per heavy atom. The number of H-pyrrole nitrogens is 1. The van der Waals surface area contributed by atoms with Crippen molar-refractivity contribution in [3.63, 3.8) is 0 Å². The molecule has 0 bridgehead atoms. The number of hydrogen-bond acceptors (Lipinski definition) is 1. The second kappa shape index (κ2) is 5.02. The van der Waals surface area contributed by atoms with Crippen molar-refractivity contribution in [2.75, 3.05) is 0 Å². The molecule has 19 heavy (non-hydrogen) atoms. The molecule has 3 heteroatoms. The third-order valence-electron chi connectivity index (χ3n) is 3.05. The van der Waals surface area contributed by atoms with Crippen molar-refractivity contribution in [2.45, 2.75) is 6.92 Å². The second-order valence-corrected chi connectivity index (χ2v) is 5.35. The van der Waals surface area contributed by atoms with E-state index in [1.807, 2.05) is 30.3 Å². The van der Waals surface area contributed by atoms with E-state index >= 15 is 0 Å². The zero-order valence-corrected chi connectivity index (χ0v) is 12.1. The summed E-state index contributed by atoms with van der Waals surface area (Å²) in [6.07, 6.45) is 0. The molecule has 0 atom stereocenters. The molecule has 0 saturated carbocycles. The first-order chi connectivity index (χ1) is 9.24. The van der Waals surface area contributed by atoms with Crippen LogP contribution in [0.4, 0.5) is 0 Å². The lowest BCUT2D eigenvalue weighted by Gasteiger charge is -1.98. The summed E-state index contributed by atoms with van der Waals surface area (Å²) in [6, 6.07) is 18.4. The molecule has 0 aliphatic carbocycles. The van der Waals surface area contributed by atoms with Crippen molar-refractivity contribution in [2.24, 2.45) is 0 Å². The molecule has 1 N–H and O–H groups in total. The molecule has 1 heterocycles. The molecule has 0 aliphatic rings. The average molecular weight is 313 g/mol. The second-order valence-electron chi connectivity index (χ2n) is 4.43. The van der Waals surface area contributed by atoms with Crippen molar-refractivity contribution in [1.82, 2.24) is 9.97 Å². The third kappa shape index (κ3) is 2.47. The zero-order chi connectivity index (χ0) is 13.2. The molecule has 1 aromatic heterocycles. The largest absolute Gasteiger partial charge is 0.342 e. The molecule has 0 aliphatic heterocycles. The van der Waals surface area contributed by atoms with E-state index in [4.69, 9.17) is 4.98 Å². The van der Waals surface area contributed by atoms with Crippen LogP contribution in [0.25, 0.3) is 22.6 Å². The predicted octanol–water partition coefficient (Wildman–Crippen LogP) is 4.81. The number of nitrogens with one attached hydrogen (secondary N) is 1. The number of hydrogen-bond donors (Lipinski definition) is 1. The number of aryl methyl sites for hydroxylation is 1. The van der Waals surface area contributed by atoms with Gasteiger partial charge in [-0.15, -0.1) is 0 Å². The highest BCUT2D eigenvalue weighted by Crippen LogP contribution is 2.26. The van der Waals surface area contributed by atoms with E-state index in [0.717, 1.165) is 32.8 Å². The number of nitrogens with zero attached hydrogens (tertiary/aromatic N) is 1. The van der Waals surface area contributed by atoms with Crippen molar-refractivity contribution in [1.29, 1.82) is 0 Å².